The van der Waals surface area contributed by atoms with Crippen molar-refractivity contribution in [3.05, 3.63) is 44.9 Å². The predicted molar refractivity (Wildman–Crippen MR) is 77.3 cm³/mol. The molecule has 0 saturated heterocycles. The number of thiazole rings is 1. The molecule has 1 heterocycles. The van der Waals surface area contributed by atoms with Crippen molar-refractivity contribution in [2.45, 2.75) is 19.9 Å². The van der Waals surface area contributed by atoms with Crippen LogP contribution in [-0.2, 0) is 0 Å². The lowest BCUT2D eigenvalue weighted by Gasteiger charge is -2.14. The van der Waals surface area contributed by atoms with Crippen molar-refractivity contribution < 1.29 is 9.90 Å². The minimum atomic E-state index is -1.04. The van der Waals surface area contributed by atoms with Crippen LogP contribution in [0.4, 0.5) is 5.69 Å². The zero-order chi connectivity index (χ0) is 14.0. The molecule has 1 atom stereocenters. The number of aromatic nitrogens is 1. The summed E-state index contributed by atoms with van der Waals surface area (Å²) in [4.78, 5) is 15.4. The van der Waals surface area contributed by atoms with Crippen LogP contribution in [0.1, 0.15) is 34.0 Å². The Morgan fingerprint density at radius 3 is 2.84 bits per heavy atom. The first-order valence-corrected chi connectivity index (χ1v) is 6.94. The lowest BCUT2D eigenvalue weighted by Crippen LogP contribution is -2.08. The molecule has 1 aromatic carbocycles. The van der Waals surface area contributed by atoms with Crippen molar-refractivity contribution in [1.29, 1.82) is 0 Å². The minimum absolute atomic E-state index is 0.00719. The maximum atomic E-state index is 11.0. The number of hydrogen-bond acceptors (Lipinski definition) is 4. The molecule has 2 aromatic rings. The standard InChI is InChI=1S/C13H13ClN2O2S/c1-7(12-6-19-8(2)16-12)15-9-3-4-11(14)10(5-9)13(17)18/h3-7,15H,1-2H3,(H,17,18). The van der Waals surface area contributed by atoms with Gasteiger partial charge in [-0.3, -0.25) is 0 Å². The van der Waals surface area contributed by atoms with Gasteiger partial charge in [0.15, 0.2) is 0 Å². The van der Waals surface area contributed by atoms with Gasteiger partial charge < -0.3 is 10.4 Å². The number of carboxylic acid groups (broad SMARTS) is 1. The van der Waals surface area contributed by atoms with Crippen molar-refractivity contribution in [2.75, 3.05) is 5.32 Å². The van der Waals surface area contributed by atoms with E-state index in [0.29, 0.717) is 5.69 Å². The third-order valence-corrected chi connectivity index (χ3v) is 3.78. The van der Waals surface area contributed by atoms with E-state index in [9.17, 15) is 4.79 Å². The second-order valence-corrected chi connectivity index (χ2v) is 5.63. The first kappa shape index (κ1) is 13.8. The van der Waals surface area contributed by atoms with E-state index in [1.54, 1.807) is 23.5 Å². The van der Waals surface area contributed by atoms with Gasteiger partial charge in [0.05, 0.1) is 27.3 Å². The number of nitrogens with one attached hydrogen (secondary N) is 1. The second-order valence-electron chi connectivity index (χ2n) is 4.16. The average molecular weight is 297 g/mol. The Bertz CT molecular complexity index is 612. The molecule has 0 saturated carbocycles. The van der Waals surface area contributed by atoms with Crippen molar-refractivity contribution in [2.24, 2.45) is 0 Å². The molecule has 1 aromatic heterocycles. The van der Waals surface area contributed by atoms with Crippen LogP contribution in [0, 0.1) is 6.92 Å². The van der Waals surface area contributed by atoms with Gasteiger partial charge in [-0.2, -0.15) is 0 Å². The second kappa shape index (κ2) is 5.59. The van der Waals surface area contributed by atoms with E-state index in [1.165, 1.54) is 6.07 Å². The van der Waals surface area contributed by atoms with E-state index >= 15 is 0 Å². The largest absolute Gasteiger partial charge is 0.478 e. The normalized spacial score (nSPS) is 12.2. The summed E-state index contributed by atoms with van der Waals surface area (Å²) >= 11 is 7.42. The molecule has 2 rings (SSSR count). The number of rotatable bonds is 4. The number of carbonyl (C=O) groups is 1. The van der Waals surface area contributed by atoms with Gasteiger partial charge in [0.1, 0.15) is 0 Å². The molecule has 4 nitrogen and oxygen atoms in total. The van der Waals surface area contributed by atoms with E-state index in [4.69, 9.17) is 16.7 Å². The summed E-state index contributed by atoms with van der Waals surface area (Å²) in [6.07, 6.45) is 0. The lowest BCUT2D eigenvalue weighted by molar-refractivity contribution is 0.0697. The highest BCUT2D eigenvalue weighted by atomic mass is 35.5. The third-order valence-electron chi connectivity index (χ3n) is 2.66. The van der Waals surface area contributed by atoms with Crippen molar-refractivity contribution in [3.63, 3.8) is 0 Å². The van der Waals surface area contributed by atoms with E-state index in [0.717, 1.165) is 10.7 Å². The molecule has 0 amide bonds. The smallest absolute Gasteiger partial charge is 0.337 e. The van der Waals surface area contributed by atoms with Crippen LogP contribution in [0.25, 0.3) is 0 Å². The van der Waals surface area contributed by atoms with Crippen molar-refractivity contribution >= 4 is 34.6 Å². The van der Waals surface area contributed by atoms with Crippen LogP contribution < -0.4 is 5.32 Å². The molecule has 6 heteroatoms. The zero-order valence-electron chi connectivity index (χ0n) is 10.5. The fourth-order valence-corrected chi connectivity index (χ4v) is 2.59. The Hall–Kier alpha value is -1.59. The Kier molecular flexibility index (Phi) is 4.07. The third kappa shape index (κ3) is 3.24. The SMILES string of the molecule is Cc1nc(C(C)Nc2ccc(Cl)c(C(=O)O)c2)cs1. The molecule has 100 valence electrons. The summed E-state index contributed by atoms with van der Waals surface area (Å²) < 4.78 is 0. The van der Waals surface area contributed by atoms with Gasteiger partial charge in [0, 0.05) is 11.1 Å². The van der Waals surface area contributed by atoms with Gasteiger partial charge in [-0.15, -0.1) is 11.3 Å². The van der Waals surface area contributed by atoms with Gasteiger partial charge in [0.25, 0.3) is 0 Å². The van der Waals surface area contributed by atoms with E-state index in [2.05, 4.69) is 10.3 Å². The Morgan fingerprint density at radius 2 is 2.26 bits per heavy atom. The van der Waals surface area contributed by atoms with Gasteiger partial charge in [-0.05, 0) is 32.0 Å². The highest BCUT2D eigenvalue weighted by Gasteiger charge is 2.12. The molecule has 1 unspecified atom stereocenters. The van der Waals surface area contributed by atoms with Crippen LogP contribution in [-0.4, -0.2) is 16.1 Å². The topological polar surface area (TPSA) is 62.2 Å². The van der Waals surface area contributed by atoms with Gasteiger partial charge >= 0.3 is 5.97 Å². The maximum absolute atomic E-state index is 11.0. The summed E-state index contributed by atoms with van der Waals surface area (Å²) in [5.41, 5.74) is 1.74. The first-order chi connectivity index (χ1) is 8.97. The van der Waals surface area contributed by atoms with Gasteiger partial charge in [0.2, 0.25) is 0 Å². The average Bonchev–Trinajstić information content (AvgIpc) is 2.78. The summed E-state index contributed by atoms with van der Waals surface area (Å²) in [6, 6.07) is 4.87. The number of halogens is 1. The molecule has 0 fully saturated rings. The summed E-state index contributed by atoms with van der Waals surface area (Å²) in [6.45, 7) is 3.93. The molecule has 0 aliphatic rings. The number of carboxylic acids is 1. The van der Waals surface area contributed by atoms with Crippen LogP contribution in [0.3, 0.4) is 0 Å². The summed E-state index contributed by atoms with van der Waals surface area (Å²) in [5, 5.41) is 15.5. The van der Waals surface area contributed by atoms with E-state index in [1.807, 2.05) is 19.2 Å². The van der Waals surface area contributed by atoms with Crippen LogP contribution in [0.2, 0.25) is 5.02 Å². The number of benzene rings is 1. The maximum Gasteiger partial charge on any atom is 0.337 e. The van der Waals surface area contributed by atoms with Crippen molar-refractivity contribution in [1.82, 2.24) is 4.98 Å². The highest BCUT2D eigenvalue weighted by Crippen LogP contribution is 2.24. The quantitative estimate of drug-likeness (QED) is 0.896. The van der Waals surface area contributed by atoms with Gasteiger partial charge in [-0.25, -0.2) is 9.78 Å². The van der Waals surface area contributed by atoms with Gasteiger partial charge in [-0.1, -0.05) is 11.6 Å². The molecule has 19 heavy (non-hydrogen) atoms. The fourth-order valence-electron chi connectivity index (χ4n) is 1.68. The fraction of sp³-hybridized carbons (Fsp3) is 0.231. The number of hydrogen-bond donors (Lipinski definition) is 2. The Balaban J connectivity index is 2.19. The molecular weight excluding hydrogens is 284 g/mol. The minimum Gasteiger partial charge on any atom is -0.478 e. The summed E-state index contributed by atoms with van der Waals surface area (Å²) in [7, 11) is 0. The molecule has 2 N–H and O–H groups in total. The number of nitrogens with zero attached hydrogens (tertiary/aromatic N) is 1. The van der Waals surface area contributed by atoms with Crippen LogP contribution >= 0.6 is 22.9 Å². The first-order valence-electron chi connectivity index (χ1n) is 5.69. The Labute approximate surface area is 120 Å². The molecule has 0 spiro atoms. The van der Waals surface area contributed by atoms with E-state index in [-0.39, 0.29) is 16.6 Å². The Morgan fingerprint density at radius 1 is 1.53 bits per heavy atom. The molecule has 0 bridgehead atoms. The van der Waals surface area contributed by atoms with E-state index < -0.39 is 5.97 Å². The van der Waals surface area contributed by atoms with Crippen LogP contribution in [0.5, 0.6) is 0 Å². The number of aryl methyl sites for hydroxylation is 1. The number of anilines is 1. The molecular formula is C13H13ClN2O2S. The molecule has 0 aliphatic heterocycles. The van der Waals surface area contributed by atoms with Crippen molar-refractivity contribution in [3.8, 4) is 0 Å². The predicted octanol–water partition coefficient (Wildman–Crippen LogP) is 3.98. The zero-order valence-corrected chi connectivity index (χ0v) is 12.0. The monoisotopic (exact) mass is 296 g/mol. The van der Waals surface area contributed by atoms with Crippen LogP contribution in [0.15, 0.2) is 23.6 Å². The molecule has 0 aliphatic carbocycles. The molecule has 0 radical (unpaired) electrons. The lowest BCUT2D eigenvalue weighted by atomic mass is 10.1. The summed E-state index contributed by atoms with van der Waals surface area (Å²) in [5.74, 6) is -1.04. The number of aromatic carboxylic acids is 1. The highest BCUT2D eigenvalue weighted by molar-refractivity contribution is 7.09.